The maximum Gasteiger partial charge on any atom is 0.0636 e. The Hall–Kier alpha value is -0.570. The van der Waals surface area contributed by atoms with Gasteiger partial charge in [-0.25, -0.2) is 0 Å². The minimum atomic E-state index is -0.325. The van der Waals surface area contributed by atoms with Gasteiger partial charge in [-0.3, -0.25) is 0 Å². The molecule has 0 aromatic heterocycles. The molecule has 0 fully saturated rings. The highest BCUT2D eigenvalue weighted by Gasteiger charge is 2.15. The van der Waals surface area contributed by atoms with E-state index in [0.29, 0.717) is 12.5 Å². The standard InChI is InChI=1S/C13H20ClNO/c1-9(2)13(15-8-10(3)16)11-4-6-12(14)7-5-11/h4-7,9-10,13,15-16H,8H2,1-3H3/t10-,13?/m1/s1. The van der Waals surface area contributed by atoms with Crippen molar-refractivity contribution in [3.8, 4) is 0 Å². The quantitative estimate of drug-likeness (QED) is 0.831. The third-order valence-corrected chi connectivity index (χ3v) is 2.78. The molecule has 2 atom stereocenters. The Morgan fingerprint density at radius 3 is 2.19 bits per heavy atom. The summed E-state index contributed by atoms with van der Waals surface area (Å²) in [5.74, 6) is 0.472. The van der Waals surface area contributed by atoms with E-state index in [-0.39, 0.29) is 12.1 Å². The molecule has 0 bridgehead atoms. The second-order valence-corrected chi connectivity index (χ2v) is 4.97. The summed E-state index contributed by atoms with van der Waals surface area (Å²) in [6.07, 6.45) is -0.325. The van der Waals surface area contributed by atoms with E-state index in [2.05, 4.69) is 19.2 Å². The van der Waals surface area contributed by atoms with Gasteiger partial charge in [0.2, 0.25) is 0 Å². The van der Waals surface area contributed by atoms with Crippen LogP contribution < -0.4 is 5.32 Å². The van der Waals surface area contributed by atoms with E-state index in [1.54, 1.807) is 6.92 Å². The summed E-state index contributed by atoms with van der Waals surface area (Å²) in [7, 11) is 0. The predicted molar refractivity (Wildman–Crippen MR) is 68.7 cm³/mol. The maximum absolute atomic E-state index is 9.29. The molecule has 0 saturated heterocycles. The third kappa shape index (κ3) is 4.12. The Morgan fingerprint density at radius 2 is 1.75 bits per heavy atom. The average Bonchev–Trinajstić information content (AvgIpc) is 2.20. The van der Waals surface area contributed by atoms with E-state index < -0.39 is 0 Å². The van der Waals surface area contributed by atoms with E-state index in [4.69, 9.17) is 11.6 Å². The molecule has 0 aliphatic rings. The predicted octanol–water partition coefficient (Wildman–Crippen LogP) is 3.01. The molecule has 90 valence electrons. The van der Waals surface area contributed by atoms with Crippen LogP contribution in [0.25, 0.3) is 0 Å². The number of hydrogen-bond acceptors (Lipinski definition) is 2. The Bertz CT molecular complexity index is 308. The Labute approximate surface area is 103 Å². The van der Waals surface area contributed by atoms with Gasteiger partial charge < -0.3 is 10.4 Å². The smallest absolute Gasteiger partial charge is 0.0636 e. The van der Waals surface area contributed by atoms with Crippen molar-refractivity contribution in [2.24, 2.45) is 5.92 Å². The van der Waals surface area contributed by atoms with Crippen molar-refractivity contribution in [1.82, 2.24) is 5.32 Å². The first kappa shape index (κ1) is 13.5. The number of rotatable bonds is 5. The van der Waals surface area contributed by atoms with Gasteiger partial charge >= 0.3 is 0 Å². The van der Waals surface area contributed by atoms with Gasteiger partial charge in [0.25, 0.3) is 0 Å². The van der Waals surface area contributed by atoms with Crippen LogP contribution in [0.2, 0.25) is 5.02 Å². The highest BCUT2D eigenvalue weighted by Crippen LogP contribution is 2.23. The van der Waals surface area contributed by atoms with Gasteiger partial charge in [-0.2, -0.15) is 0 Å². The monoisotopic (exact) mass is 241 g/mol. The molecule has 1 aromatic carbocycles. The Morgan fingerprint density at radius 1 is 1.19 bits per heavy atom. The molecule has 0 aliphatic heterocycles. The number of nitrogens with one attached hydrogen (secondary N) is 1. The van der Waals surface area contributed by atoms with E-state index >= 15 is 0 Å². The molecule has 1 rings (SSSR count). The van der Waals surface area contributed by atoms with Crippen LogP contribution in [0.1, 0.15) is 32.4 Å². The largest absolute Gasteiger partial charge is 0.392 e. The summed E-state index contributed by atoms with van der Waals surface area (Å²) >= 11 is 5.86. The Kier molecular flexibility index (Phi) is 5.26. The molecule has 0 aliphatic carbocycles. The van der Waals surface area contributed by atoms with Crippen LogP contribution in [0.4, 0.5) is 0 Å². The Balaban J connectivity index is 2.73. The van der Waals surface area contributed by atoms with Crippen molar-refractivity contribution in [1.29, 1.82) is 0 Å². The van der Waals surface area contributed by atoms with Gasteiger partial charge in [0, 0.05) is 17.6 Å². The van der Waals surface area contributed by atoms with Gasteiger partial charge in [0.05, 0.1) is 6.10 Å². The molecule has 0 radical (unpaired) electrons. The summed E-state index contributed by atoms with van der Waals surface area (Å²) in [6.45, 7) is 6.71. The topological polar surface area (TPSA) is 32.3 Å². The van der Waals surface area contributed by atoms with Crippen LogP contribution in [0.3, 0.4) is 0 Å². The molecule has 2 nitrogen and oxygen atoms in total. The van der Waals surface area contributed by atoms with Crippen molar-refractivity contribution in [2.45, 2.75) is 32.9 Å². The molecule has 0 heterocycles. The number of halogens is 1. The molecule has 0 saturated carbocycles. The number of aliphatic hydroxyl groups is 1. The fourth-order valence-corrected chi connectivity index (χ4v) is 1.83. The first-order chi connectivity index (χ1) is 7.50. The summed E-state index contributed by atoms with van der Waals surface area (Å²) in [4.78, 5) is 0. The summed E-state index contributed by atoms with van der Waals surface area (Å²) in [5.41, 5.74) is 1.21. The van der Waals surface area contributed by atoms with Crippen LogP contribution in [-0.2, 0) is 0 Å². The molecule has 1 unspecified atom stereocenters. The minimum Gasteiger partial charge on any atom is -0.392 e. The third-order valence-electron chi connectivity index (χ3n) is 2.53. The van der Waals surface area contributed by atoms with Crippen LogP contribution in [0.5, 0.6) is 0 Å². The van der Waals surface area contributed by atoms with Crippen molar-refractivity contribution < 1.29 is 5.11 Å². The first-order valence-electron chi connectivity index (χ1n) is 5.67. The number of aliphatic hydroxyl groups excluding tert-OH is 1. The van der Waals surface area contributed by atoms with Gasteiger partial charge in [0.1, 0.15) is 0 Å². The van der Waals surface area contributed by atoms with E-state index in [1.807, 2.05) is 24.3 Å². The highest BCUT2D eigenvalue weighted by atomic mass is 35.5. The number of benzene rings is 1. The second kappa shape index (κ2) is 6.24. The van der Waals surface area contributed by atoms with Gasteiger partial charge in [-0.1, -0.05) is 37.6 Å². The van der Waals surface area contributed by atoms with Crippen molar-refractivity contribution in [3.05, 3.63) is 34.9 Å². The zero-order valence-electron chi connectivity index (χ0n) is 10.1. The molecular formula is C13H20ClNO. The summed E-state index contributed by atoms with van der Waals surface area (Å²) < 4.78 is 0. The molecule has 3 heteroatoms. The van der Waals surface area contributed by atoms with Crippen LogP contribution in [-0.4, -0.2) is 17.8 Å². The van der Waals surface area contributed by atoms with Crippen molar-refractivity contribution >= 4 is 11.6 Å². The first-order valence-corrected chi connectivity index (χ1v) is 6.05. The van der Waals surface area contributed by atoms with E-state index in [9.17, 15) is 5.11 Å². The SMILES string of the molecule is CC(C)C(NC[C@@H](C)O)c1ccc(Cl)cc1. The molecule has 0 spiro atoms. The minimum absolute atomic E-state index is 0.256. The van der Waals surface area contributed by atoms with Crippen LogP contribution in [0.15, 0.2) is 24.3 Å². The zero-order valence-corrected chi connectivity index (χ0v) is 10.8. The molecule has 2 N–H and O–H groups in total. The van der Waals surface area contributed by atoms with Gasteiger partial charge in [-0.05, 0) is 30.5 Å². The van der Waals surface area contributed by atoms with Crippen LogP contribution in [0, 0.1) is 5.92 Å². The van der Waals surface area contributed by atoms with Crippen LogP contribution >= 0.6 is 11.6 Å². The molecule has 16 heavy (non-hydrogen) atoms. The lowest BCUT2D eigenvalue weighted by atomic mass is 9.96. The van der Waals surface area contributed by atoms with Gasteiger partial charge in [-0.15, -0.1) is 0 Å². The average molecular weight is 242 g/mol. The van der Waals surface area contributed by atoms with Crippen molar-refractivity contribution in [2.75, 3.05) is 6.54 Å². The highest BCUT2D eigenvalue weighted by molar-refractivity contribution is 6.30. The van der Waals surface area contributed by atoms with E-state index in [0.717, 1.165) is 5.02 Å². The lowest BCUT2D eigenvalue weighted by Gasteiger charge is -2.23. The summed E-state index contributed by atoms with van der Waals surface area (Å²) in [5, 5.41) is 13.4. The normalized spacial score (nSPS) is 15.1. The molecule has 1 aromatic rings. The molecular weight excluding hydrogens is 222 g/mol. The lowest BCUT2D eigenvalue weighted by Crippen LogP contribution is -2.31. The van der Waals surface area contributed by atoms with Gasteiger partial charge in [0.15, 0.2) is 0 Å². The maximum atomic E-state index is 9.29. The fraction of sp³-hybridized carbons (Fsp3) is 0.538. The fourth-order valence-electron chi connectivity index (χ4n) is 1.71. The number of hydrogen-bond donors (Lipinski definition) is 2. The summed E-state index contributed by atoms with van der Waals surface area (Å²) in [6, 6.07) is 8.11. The zero-order chi connectivity index (χ0) is 12.1. The molecule has 0 amide bonds. The van der Waals surface area contributed by atoms with E-state index in [1.165, 1.54) is 5.56 Å². The second-order valence-electron chi connectivity index (χ2n) is 4.53. The lowest BCUT2D eigenvalue weighted by molar-refractivity contribution is 0.181. The van der Waals surface area contributed by atoms with Crippen molar-refractivity contribution in [3.63, 3.8) is 0 Å².